The Kier molecular flexibility index (Phi) is 5.06. The molecule has 4 rings (SSSR count). The van der Waals surface area contributed by atoms with Gasteiger partial charge in [0.15, 0.2) is 0 Å². The lowest BCUT2D eigenvalue weighted by Crippen LogP contribution is -2.27. The van der Waals surface area contributed by atoms with E-state index in [1.807, 2.05) is 41.9 Å². The van der Waals surface area contributed by atoms with E-state index in [4.69, 9.17) is 0 Å². The lowest BCUT2D eigenvalue weighted by molar-refractivity contribution is -0.122. The molecule has 0 saturated heterocycles. The fourth-order valence-electron chi connectivity index (χ4n) is 2.65. The lowest BCUT2D eigenvalue weighted by atomic mass is 10.2. The number of hydrogen-bond acceptors (Lipinski definition) is 6. The van der Waals surface area contributed by atoms with Gasteiger partial charge in [0.25, 0.3) is 0 Å². The fourth-order valence-corrected chi connectivity index (χ4v) is 3.30. The van der Waals surface area contributed by atoms with Crippen molar-refractivity contribution in [2.45, 2.75) is 19.6 Å². The van der Waals surface area contributed by atoms with Gasteiger partial charge in [-0.3, -0.25) is 4.79 Å². The molecule has 0 spiro atoms. The third-order valence-electron chi connectivity index (χ3n) is 4.02. The maximum Gasteiger partial charge on any atom is 0.242 e. The summed E-state index contributed by atoms with van der Waals surface area (Å²) in [5.41, 5.74) is 5.00. The summed E-state index contributed by atoms with van der Waals surface area (Å²) in [5, 5.41) is 10.3. The van der Waals surface area contributed by atoms with Crippen molar-refractivity contribution in [1.29, 1.82) is 0 Å². The first-order chi connectivity index (χ1) is 13.3. The van der Waals surface area contributed by atoms with Crippen LogP contribution in [0.4, 0.5) is 5.95 Å². The molecule has 2 N–H and O–H groups in total. The van der Waals surface area contributed by atoms with E-state index in [0.29, 0.717) is 19.0 Å². The quantitative estimate of drug-likeness (QED) is 0.517. The zero-order chi connectivity index (χ0) is 18.5. The van der Waals surface area contributed by atoms with Crippen LogP contribution in [0.3, 0.4) is 0 Å². The molecule has 0 bridgehead atoms. The number of carbonyl (C=O) groups excluding carboxylic acids is 1. The number of nitrogens with one attached hydrogen (secondary N) is 2. The van der Waals surface area contributed by atoms with Gasteiger partial charge in [-0.15, -0.1) is 16.4 Å². The standard InChI is InChI=1S/C19H18N6OS/c26-18(20-9-14-4-2-1-3-5-14)11-25-12-22-19(24-25)21-10-15-6-7-17-16(8-15)23-13-27-17/h1-8,12-13H,9-11H2,(H,20,26)(H,21,24). The number of fused-ring (bicyclic) bond motifs is 1. The van der Waals surface area contributed by atoms with Gasteiger partial charge in [0.2, 0.25) is 11.9 Å². The van der Waals surface area contributed by atoms with E-state index in [0.717, 1.165) is 16.6 Å². The fraction of sp³-hybridized carbons (Fsp3) is 0.158. The van der Waals surface area contributed by atoms with E-state index in [-0.39, 0.29) is 12.5 Å². The highest BCUT2D eigenvalue weighted by Crippen LogP contribution is 2.19. The Morgan fingerprint density at radius 3 is 2.81 bits per heavy atom. The highest BCUT2D eigenvalue weighted by Gasteiger charge is 2.06. The van der Waals surface area contributed by atoms with Crippen LogP contribution in [0.5, 0.6) is 0 Å². The molecule has 1 amide bonds. The normalized spacial score (nSPS) is 10.8. The summed E-state index contributed by atoms with van der Waals surface area (Å²) < 4.78 is 2.69. The molecular weight excluding hydrogens is 360 g/mol. The number of nitrogens with zero attached hydrogens (tertiary/aromatic N) is 4. The van der Waals surface area contributed by atoms with Crippen molar-refractivity contribution < 1.29 is 4.79 Å². The van der Waals surface area contributed by atoms with E-state index < -0.39 is 0 Å². The Morgan fingerprint density at radius 1 is 1.04 bits per heavy atom. The molecule has 8 heteroatoms. The molecule has 27 heavy (non-hydrogen) atoms. The topological polar surface area (TPSA) is 84.7 Å². The first kappa shape index (κ1) is 17.2. The average molecular weight is 378 g/mol. The van der Waals surface area contributed by atoms with E-state index in [1.165, 1.54) is 9.38 Å². The summed E-state index contributed by atoms with van der Waals surface area (Å²) in [6.07, 6.45) is 1.55. The number of aromatic nitrogens is 4. The first-order valence-electron chi connectivity index (χ1n) is 8.52. The van der Waals surface area contributed by atoms with Gasteiger partial charge in [0, 0.05) is 13.1 Å². The Morgan fingerprint density at radius 2 is 1.93 bits per heavy atom. The van der Waals surface area contributed by atoms with Crippen molar-refractivity contribution in [2.24, 2.45) is 0 Å². The smallest absolute Gasteiger partial charge is 0.242 e. The monoisotopic (exact) mass is 378 g/mol. The zero-order valence-electron chi connectivity index (χ0n) is 14.5. The van der Waals surface area contributed by atoms with Gasteiger partial charge in [0.1, 0.15) is 12.9 Å². The van der Waals surface area contributed by atoms with Crippen LogP contribution in [0.1, 0.15) is 11.1 Å². The van der Waals surface area contributed by atoms with Gasteiger partial charge in [-0.25, -0.2) is 14.6 Å². The lowest BCUT2D eigenvalue weighted by Gasteiger charge is -2.05. The molecular formula is C19H18N6OS. The molecule has 7 nitrogen and oxygen atoms in total. The van der Waals surface area contributed by atoms with Gasteiger partial charge < -0.3 is 10.6 Å². The predicted molar refractivity (Wildman–Crippen MR) is 105 cm³/mol. The van der Waals surface area contributed by atoms with E-state index >= 15 is 0 Å². The summed E-state index contributed by atoms with van der Waals surface area (Å²) in [5.74, 6) is 0.383. The van der Waals surface area contributed by atoms with E-state index in [1.54, 1.807) is 17.7 Å². The highest BCUT2D eigenvalue weighted by atomic mass is 32.1. The molecule has 0 radical (unpaired) electrons. The summed E-state index contributed by atoms with van der Waals surface area (Å²) in [6.45, 7) is 1.22. The Hall–Kier alpha value is -3.26. The van der Waals surface area contributed by atoms with Crippen LogP contribution in [-0.2, 0) is 24.4 Å². The molecule has 2 aromatic carbocycles. The van der Waals surface area contributed by atoms with Crippen LogP contribution in [-0.4, -0.2) is 25.7 Å². The largest absolute Gasteiger partial charge is 0.350 e. The minimum Gasteiger partial charge on any atom is -0.350 e. The number of thiazole rings is 1. The molecule has 0 fully saturated rings. The molecule has 2 heterocycles. The van der Waals surface area contributed by atoms with Crippen molar-refractivity contribution in [3.8, 4) is 0 Å². The maximum atomic E-state index is 12.0. The van der Waals surface area contributed by atoms with Crippen LogP contribution in [0.25, 0.3) is 10.2 Å². The second-order valence-corrected chi connectivity index (χ2v) is 6.92. The minimum atomic E-state index is -0.107. The van der Waals surface area contributed by atoms with Crippen molar-refractivity contribution in [1.82, 2.24) is 25.1 Å². The number of rotatable bonds is 7. The van der Waals surface area contributed by atoms with Crippen LogP contribution in [0, 0.1) is 0 Å². The van der Waals surface area contributed by atoms with Gasteiger partial charge in [-0.05, 0) is 23.3 Å². The Bertz CT molecular complexity index is 1040. The summed E-state index contributed by atoms with van der Waals surface area (Å²) in [4.78, 5) is 20.6. The van der Waals surface area contributed by atoms with Crippen molar-refractivity contribution in [2.75, 3.05) is 5.32 Å². The van der Waals surface area contributed by atoms with Crippen LogP contribution >= 0.6 is 11.3 Å². The summed E-state index contributed by atoms with van der Waals surface area (Å²) >= 11 is 1.62. The summed E-state index contributed by atoms with van der Waals surface area (Å²) in [6, 6.07) is 16.0. The van der Waals surface area contributed by atoms with Crippen molar-refractivity contribution in [3.63, 3.8) is 0 Å². The van der Waals surface area contributed by atoms with Crippen molar-refractivity contribution >= 4 is 33.4 Å². The van der Waals surface area contributed by atoms with Crippen LogP contribution < -0.4 is 10.6 Å². The van der Waals surface area contributed by atoms with Gasteiger partial charge in [0.05, 0.1) is 15.7 Å². The molecule has 0 atom stereocenters. The predicted octanol–water partition coefficient (Wildman–Crippen LogP) is 2.82. The minimum absolute atomic E-state index is 0.107. The molecule has 2 aromatic heterocycles. The van der Waals surface area contributed by atoms with Gasteiger partial charge in [-0.2, -0.15) is 0 Å². The molecule has 0 aliphatic rings. The SMILES string of the molecule is O=C(Cn1cnc(NCc2ccc3scnc3c2)n1)NCc1ccccc1. The Balaban J connectivity index is 1.28. The zero-order valence-corrected chi connectivity index (χ0v) is 15.3. The molecule has 136 valence electrons. The first-order valence-corrected chi connectivity index (χ1v) is 9.40. The molecule has 4 aromatic rings. The molecule has 0 unspecified atom stereocenters. The number of hydrogen-bond donors (Lipinski definition) is 2. The highest BCUT2D eigenvalue weighted by molar-refractivity contribution is 7.16. The van der Waals surface area contributed by atoms with Crippen LogP contribution in [0.15, 0.2) is 60.4 Å². The molecule has 0 saturated carbocycles. The number of amides is 1. The van der Waals surface area contributed by atoms with Crippen LogP contribution in [0.2, 0.25) is 0 Å². The average Bonchev–Trinajstić information content (AvgIpc) is 3.34. The third-order valence-corrected chi connectivity index (χ3v) is 4.83. The van der Waals surface area contributed by atoms with E-state index in [2.05, 4.69) is 37.8 Å². The number of carbonyl (C=O) groups is 1. The van der Waals surface area contributed by atoms with Gasteiger partial charge >= 0.3 is 0 Å². The number of benzene rings is 2. The molecule has 0 aliphatic heterocycles. The maximum absolute atomic E-state index is 12.0. The Labute approximate surface area is 160 Å². The molecule has 0 aliphatic carbocycles. The third kappa shape index (κ3) is 4.48. The summed E-state index contributed by atoms with van der Waals surface area (Å²) in [7, 11) is 0. The number of anilines is 1. The second-order valence-electron chi connectivity index (χ2n) is 6.04. The van der Waals surface area contributed by atoms with E-state index in [9.17, 15) is 4.79 Å². The second kappa shape index (κ2) is 7.96. The van der Waals surface area contributed by atoms with Gasteiger partial charge in [-0.1, -0.05) is 36.4 Å². The van der Waals surface area contributed by atoms with Crippen molar-refractivity contribution in [3.05, 3.63) is 71.5 Å².